The maximum atomic E-state index is 13.0. The molecule has 0 radical (unpaired) electrons. The van der Waals surface area contributed by atoms with Crippen LogP contribution in [0.2, 0.25) is 0 Å². The van der Waals surface area contributed by atoms with Gasteiger partial charge >= 0.3 is 0 Å². The minimum absolute atomic E-state index is 0.0692. The molecule has 176 valence electrons. The summed E-state index contributed by atoms with van der Waals surface area (Å²) in [5.74, 6) is 0.372. The second-order valence-corrected chi connectivity index (χ2v) is 9.61. The molecule has 2 aromatic rings. The summed E-state index contributed by atoms with van der Waals surface area (Å²) in [6.45, 7) is 4.34. The Labute approximate surface area is 191 Å². The highest BCUT2D eigenvalue weighted by Gasteiger charge is 2.28. The van der Waals surface area contributed by atoms with Gasteiger partial charge in [-0.15, -0.1) is 0 Å². The van der Waals surface area contributed by atoms with Crippen LogP contribution in [0.1, 0.15) is 22.8 Å². The Bertz CT molecular complexity index is 1190. The molecular weight excluding hydrogens is 450 g/mol. The number of sulfonamides is 1. The van der Waals surface area contributed by atoms with E-state index in [9.17, 15) is 18.0 Å². The van der Waals surface area contributed by atoms with Crippen LogP contribution in [0, 0.1) is 6.92 Å². The molecule has 2 aliphatic rings. The number of carbonyl (C=O) groups excluding carboxylic acids is 2. The van der Waals surface area contributed by atoms with E-state index in [4.69, 9.17) is 14.2 Å². The van der Waals surface area contributed by atoms with E-state index in [1.54, 1.807) is 31.2 Å². The predicted octanol–water partition coefficient (Wildman–Crippen LogP) is 2.00. The number of Topliss-reactive ketones (excluding diaryl/α,β-unsaturated/α-hetero) is 1. The Morgan fingerprint density at radius 3 is 2.45 bits per heavy atom. The monoisotopic (exact) mass is 475 g/mol. The molecule has 2 N–H and O–H groups in total. The third-order valence-electron chi connectivity index (χ3n) is 5.39. The third-order valence-corrected chi connectivity index (χ3v) is 7.43. The molecule has 0 bridgehead atoms. The highest BCUT2D eigenvalue weighted by atomic mass is 32.2. The first-order valence-corrected chi connectivity index (χ1v) is 11.9. The Hall–Kier alpha value is -3.15. The van der Waals surface area contributed by atoms with Crippen LogP contribution in [0.5, 0.6) is 11.5 Å². The van der Waals surface area contributed by atoms with Crippen LogP contribution in [-0.2, 0) is 19.6 Å². The first-order valence-electron chi connectivity index (χ1n) is 10.4. The van der Waals surface area contributed by atoms with Crippen molar-refractivity contribution in [1.82, 2.24) is 4.31 Å². The van der Waals surface area contributed by atoms with Crippen LogP contribution >= 0.6 is 0 Å². The normalized spacial score (nSPS) is 15.8. The zero-order valence-corrected chi connectivity index (χ0v) is 19.2. The lowest BCUT2D eigenvalue weighted by molar-refractivity contribution is -0.114. The van der Waals surface area contributed by atoms with E-state index >= 15 is 0 Å². The molecular formula is C22H25N3O7S. The molecule has 0 aromatic heterocycles. The van der Waals surface area contributed by atoms with Crippen molar-refractivity contribution in [3.05, 3.63) is 41.5 Å². The lowest BCUT2D eigenvalue weighted by atomic mass is 10.1. The molecule has 0 aliphatic carbocycles. The SMILES string of the molecule is CC(=O)c1cc2c(cc1NCC(=O)Nc1ccc(C)c(S(=O)(=O)N3CCOCC3)c1)OCO2. The topological polar surface area (TPSA) is 123 Å². The molecule has 4 rings (SSSR count). The minimum Gasteiger partial charge on any atom is -0.454 e. The van der Waals surface area contributed by atoms with E-state index in [1.165, 1.54) is 17.3 Å². The Kier molecular flexibility index (Phi) is 6.54. The van der Waals surface area contributed by atoms with E-state index in [0.717, 1.165) is 0 Å². The lowest BCUT2D eigenvalue weighted by Gasteiger charge is -2.26. The van der Waals surface area contributed by atoms with Gasteiger partial charge in [0.1, 0.15) is 0 Å². The zero-order chi connectivity index (χ0) is 23.6. The fourth-order valence-corrected chi connectivity index (χ4v) is 5.30. The van der Waals surface area contributed by atoms with Gasteiger partial charge in [-0.25, -0.2) is 8.42 Å². The van der Waals surface area contributed by atoms with Crippen molar-refractivity contribution in [1.29, 1.82) is 0 Å². The summed E-state index contributed by atoms with van der Waals surface area (Å²) in [5.41, 5.74) is 1.77. The highest BCUT2D eigenvalue weighted by molar-refractivity contribution is 7.89. The van der Waals surface area contributed by atoms with Crippen LogP contribution in [-0.4, -0.2) is 64.1 Å². The van der Waals surface area contributed by atoms with Gasteiger partial charge in [-0.2, -0.15) is 4.31 Å². The number of aryl methyl sites for hydroxylation is 1. The second kappa shape index (κ2) is 9.38. The maximum absolute atomic E-state index is 13.0. The summed E-state index contributed by atoms with van der Waals surface area (Å²) in [5, 5.41) is 5.65. The Morgan fingerprint density at radius 2 is 1.76 bits per heavy atom. The van der Waals surface area contributed by atoms with Crippen molar-refractivity contribution in [2.45, 2.75) is 18.7 Å². The van der Waals surface area contributed by atoms with Crippen molar-refractivity contribution in [2.24, 2.45) is 0 Å². The molecule has 1 amide bonds. The first kappa shape index (κ1) is 23.0. The summed E-state index contributed by atoms with van der Waals surface area (Å²) < 4.78 is 43.4. The first-order chi connectivity index (χ1) is 15.8. The number of anilines is 2. The number of hydrogen-bond donors (Lipinski definition) is 2. The molecule has 1 saturated heterocycles. The number of nitrogens with zero attached hydrogens (tertiary/aromatic N) is 1. The molecule has 2 aromatic carbocycles. The quantitative estimate of drug-likeness (QED) is 0.583. The van der Waals surface area contributed by atoms with Gasteiger partial charge in [0, 0.05) is 36.1 Å². The van der Waals surface area contributed by atoms with Gasteiger partial charge in [0.15, 0.2) is 17.3 Å². The molecule has 1 fully saturated rings. The molecule has 33 heavy (non-hydrogen) atoms. The molecule has 0 atom stereocenters. The molecule has 0 saturated carbocycles. The highest BCUT2D eigenvalue weighted by Crippen LogP contribution is 2.37. The van der Waals surface area contributed by atoms with E-state index in [-0.39, 0.29) is 37.1 Å². The van der Waals surface area contributed by atoms with Gasteiger partial charge in [0.05, 0.1) is 24.7 Å². The number of fused-ring (bicyclic) bond motifs is 1. The Balaban J connectivity index is 1.47. The largest absolute Gasteiger partial charge is 0.454 e. The lowest BCUT2D eigenvalue weighted by Crippen LogP contribution is -2.40. The third kappa shape index (κ3) is 4.95. The van der Waals surface area contributed by atoms with Crippen molar-refractivity contribution >= 4 is 33.1 Å². The van der Waals surface area contributed by atoms with E-state index in [1.807, 2.05) is 0 Å². The average molecular weight is 476 g/mol. The number of rotatable bonds is 7. The fourth-order valence-electron chi connectivity index (χ4n) is 3.64. The van der Waals surface area contributed by atoms with Crippen LogP contribution in [0.25, 0.3) is 0 Å². The number of morpholine rings is 1. The van der Waals surface area contributed by atoms with Gasteiger partial charge in [-0.3, -0.25) is 9.59 Å². The number of ether oxygens (including phenoxy) is 3. The van der Waals surface area contributed by atoms with Gasteiger partial charge in [0.2, 0.25) is 22.7 Å². The van der Waals surface area contributed by atoms with Crippen molar-refractivity contribution in [2.75, 3.05) is 50.3 Å². The average Bonchev–Trinajstić information content (AvgIpc) is 3.26. The summed E-state index contributed by atoms with van der Waals surface area (Å²) in [6.07, 6.45) is 0. The summed E-state index contributed by atoms with van der Waals surface area (Å²) >= 11 is 0. The molecule has 0 spiro atoms. The van der Waals surface area contributed by atoms with E-state index in [0.29, 0.717) is 47.2 Å². The van der Waals surface area contributed by atoms with E-state index in [2.05, 4.69) is 10.6 Å². The van der Waals surface area contributed by atoms with Crippen LogP contribution < -0.4 is 20.1 Å². The van der Waals surface area contributed by atoms with Gasteiger partial charge in [0.25, 0.3) is 0 Å². The summed E-state index contributed by atoms with van der Waals surface area (Å²) in [4.78, 5) is 24.7. The number of benzene rings is 2. The molecule has 11 heteroatoms. The standard InChI is InChI=1S/C22H25N3O7S/c1-14-3-4-16(9-21(14)33(28,29)25-5-7-30-8-6-25)24-22(27)12-23-18-11-20-19(31-13-32-20)10-17(18)15(2)26/h3-4,9-11,23H,5-8,12-13H2,1-2H3,(H,24,27). The van der Waals surface area contributed by atoms with Gasteiger partial charge in [-0.1, -0.05) is 6.07 Å². The maximum Gasteiger partial charge on any atom is 0.243 e. The second-order valence-electron chi connectivity index (χ2n) is 7.71. The summed E-state index contributed by atoms with van der Waals surface area (Å²) in [7, 11) is -3.70. The molecule has 0 unspecified atom stereocenters. The van der Waals surface area contributed by atoms with Crippen molar-refractivity contribution in [3.63, 3.8) is 0 Å². The van der Waals surface area contributed by atoms with Crippen molar-refractivity contribution < 1.29 is 32.2 Å². The van der Waals surface area contributed by atoms with Crippen LogP contribution in [0.4, 0.5) is 11.4 Å². The van der Waals surface area contributed by atoms with Crippen LogP contribution in [0.3, 0.4) is 0 Å². The predicted molar refractivity (Wildman–Crippen MR) is 120 cm³/mol. The minimum atomic E-state index is -3.70. The zero-order valence-electron chi connectivity index (χ0n) is 18.3. The van der Waals surface area contributed by atoms with Crippen LogP contribution in [0.15, 0.2) is 35.2 Å². The number of ketones is 1. The molecule has 2 heterocycles. The molecule has 10 nitrogen and oxygen atoms in total. The number of hydrogen-bond acceptors (Lipinski definition) is 8. The van der Waals surface area contributed by atoms with Gasteiger partial charge < -0.3 is 24.8 Å². The number of amides is 1. The summed E-state index contributed by atoms with van der Waals surface area (Å²) in [6, 6.07) is 7.95. The van der Waals surface area contributed by atoms with Gasteiger partial charge in [-0.05, 0) is 37.6 Å². The smallest absolute Gasteiger partial charge is 0.243 e. The number of carbonyl (C=O) groups is 2. The fraction of sp³-hybridized carbons (Fsp3) is 0.364. The number of nitrogens with one attached hydrogen (secondary N) is 2. The molecule has 2 aliphatic heterocycles. The van der Waals surface area contributed by atoms with Crippen molar-refractivity contribution in [3.8, 4) is 11.5 Å². The Morgan fingerprint density at radius 1 is 1.06 bits per heavy atom. The van der Waals surface area contributed by atoms with E-state index < -0.39 is 15.9 Å².